The molecule has 0 fully saturated rings. The zero-order valence-corrected chi connectivity index (χ0v) is 41.8. The van der Waals surface area contributed by atoms with Gasteiger partial charge in [0.15, 0.2) is 6.10 Å². The minimum absolute atomic E-state index is 0.0942. The first-order chi connectivity index (χ1) is 31.5. The zero-order chi connectivity index (χ0) is 46.5. The van der Waals surface area contributed by atoms with Crippen molar-refractivity contribution in [2.45, 2.75) is 252 Å². The second-order valence-electron chi connectivity index (χ2n) is 17.4. The van der Waals surface area contributed by atoms with Gasteiger partial charge in [0.05, 0.1) is 0 Å². The minimum Gasteiger partial charge on any atom is -0.462 e. The molecule has 0 aromatic heterocycles. The fourth-order valence-electron chi connectivity index (χ4n) is 7.12. The number of allylic oxidation sites excluding steroid dienone is 14. The molecule has 0 aliphatic carbocycles. The van der Waals surface area contributed by atoms with Crippen LogP contribution in [0.25, 0.3) is 0 Å². The van der Waals surface area contributed by atoms with E-state index in [0.717, 1.165) is 103 Å². The Labute approximate surface area is 395 Å². The van der Waals surface area contributed by atoms with Crippen LogP contribution in [0, 0.1) is 0 Å². The predicted octanol–water partition coefficient (Wildman–Crippen LogP) is 17.6. The molecular formula is C58H98O6. The number of hydrogen-bond acceptors (Lipinski definition) is 6. The Bertz CT molecular complexity index is 1250. The Morgan fingerprint density at radius 2 is 0.656 bits per heavy atom. The molecule has 0 amide bonds. The van der Waals surface area contributed by atoms with Crippen LogP contribution >= 0.6 is 0 Å². The Hall–Kier alpha value is -3.41. The van der Waals surface area contributed by atoms with E-state index in [2.05, 4.69) is 106 Å². The molecule has 0 bridgehead atoms. The Balaban J connectivity index is 4.47. The number of ether oxygens (including phenoxy) is 3. The summed E-state index contributed by atoms with van der Waals surface area (Å²) in [5, 5.41) is 0. The fraction of sp³-hybridized carbons (Fsp3) is 0.707. The SMILES string of the molecule is CC/C=C\C/C=C\C/C=C\C/C=C\CCCCCC(=O)OCC(COC(=O)CCCCCCCCC/C=C\CCCCCC)OC(=O)CCCCCCCC/C=C\C=C/CCCCC. The van der Waals surface area contributed by atoms with Gasteiger partial charge in [-0.25, -0.2) is 0 Å². The Kier molecular flexibility index (Phi) is 49.4. The average molecular weight is 891 g/mol. The van der Waals surface area contributed by atoms with Crippen LogP contribution in [0.4, 0.5) is 0 Å². The number of rotatable bonds is 47. The van der Waals surface area contributed by atoms with Crippen molar-refractivity contribution in [3.8, 4) is 0 Å². The van der Waals surface area contributed by atoms with Gasteiger partial charge in [0.1, 0.15) is 13.2 Å². The van der Waals surface area contributed by atoms with Gasteiger partial charge < -0.3 is 14.2 Å². The molecule has 0 spiro atoms. The van der Waals surface area contributed by atoms with Crippen LogP contribution < -0.4 is 0 Å². The standard InChI is InChI=1S/C58H98O6/c1-4-7-10-13-16-19-22-25-28-31-33-36-39-42-45-48-51-57(60)63-54-55(64-58(61)52-49-46-43-40-37-34-30-27-24-21-18-15-12-9-6-3)53-62-56(59)50-47-44-41-38-35-32-29-26-23-20-17-14-11-8-5-2/h7,10,16,18-21,23-25,27-28,33,36,55H,4-6,8-9,11-15,17,22,26,29-32,34-35,37-54H2,1-3H3/b10-7-,19-16-,21-18-,23-20-,27-24-,28-25-,36-33-. The van der Waals surface area contributed by atoms with E-state index in [9.17, 15) is 14.4 Å². The van der Waals surface area contributed by atoms with Gasteiger partial charge in [-0.15, -0.1) is 0 Å². The van der Waals surface area contributed by atoms with Crippen LogP contribution in [0.5, 0.6) is 0 Å². The van der Waals surface area contributed by atoms with Crippen molar-refractivity contribution in [3.63, 3.8) is 0 Å². The second-order valence-corrected chi connectivity index (χ2v) is 17.4. The van der Waals surface area contributed by atoms with E-state index in [4.69, 9.17) is 14.2 Å². The predicted molar refractivity (Wildman–Crippen MR) is 274 cm³/mol. The lowest BCUT2D eigenvalue weighted by atomic mass is 10.1. The van der Waals surface area contributed by atoms with E-state index in [0.29, 0.717) is 19.3 Å². The first kappa shape index (κ1) is 60.6. The third-order valence-electron chi connectivity index (χ3n) is 11.1. The molecular weight excluding hydrogens is 793 g/mol. The zero-order valence-electron chi connectivity index (χ0n) is 41.8. The van der Waals surface area contributed by atoms with Crippen molar-refractivity contribution >= 4 is 17.9 Å². The maximum atomic E-state index is 12.8. The van der Waals surface area contributed by atoms with Gasteiger partial charge in [0.2, 0.25) is 0 Å². The normalized spacial score (nSPS) is 12.7. The van der Waals surface area contributed by atoms with E-state index in [1.54, 1.807) is 0 Å². The molecule has 1 unspecified atom stereocenters. The molecule has 6 heteroatoms. The number of carbonyl (C=O) groups excluding carboxylic acids is 3. The summed E-state index contributed by atoms with van der Waals surface area (Å²) in [7, 11) is 0. The Morgan fingerprint density at radius 3 is 1.11 bits per heavy atom. The van der Waals surface area contributed by atoms with Crippen molar-refractivity contribution in [2.24, 2.45) is 0 Å². The van der Waals surface area contributed by atoms with E-state index >= 15 is 0 Å². The summed E-state index contributed by atoms with van der Waals surface area (Å²) in [4.78, 5) is 38.0. The molecule has 0 saturated carbocycles. The lowest BCUT2D eigenvalue weighted by molar-refractivity contribution is -0.167. The third kappa shape index (κ3) is 49.6. The van der Waals surface area contributed by atoms with Crippen LogP contribution in [0.2, 0.25) is 0 Å². The van der Waals surface area contributed by atoms with Crippen molar-refractivity contribution in [1.29, 1.82) is 0 Å². The summed E-state index contributed by atoms with van der Waals surface area (Å²) in [6.45, 7) is 6.44. The van der Waals surface area contributed by atoms with E-state index in [1.807, 2.05) is 0 Å². The van der Waals surface area contributed by atoms with Crippen LogP contribution in [-0.2, 0) is 28.6 Å². The van der Waals surface area contributed by atoms with E-state index < -0.39 is 6.10 Å². The van der Waals surface area contributed by atoms with Crippen LogP contribution in [0.15, 0.2) is 85.1 Å². The number of unbranched alkanes of at least 4 members (excludes halogenated alkanes) is 23. The molecule has 0 radical (unpaired) electrons. The summed E-state index contributed by atoms with van der Waals surface area (Å²) in [6.07, 6.45) is 67.0. The second kappa shape index (κ2) is 52.2. The molecule has 0 N–H and O–H groups in total. The van der Waals surface area contributed by atoms with Gasteiger partial charge in [0, 0.05) is 19.3 Å². The summed E-state index contributed by atoms with van der Waals surface area (Å²) >= 11 is 0. The van der Waals surface area contributed by atoms with Gasteiger partial charge >= 0.3 is 17.9 Å². The van der Waals surface area contributed by atoms with Crippen LogP contribution in [0.3, 0.4) is 0 Å². The monoisotopic (exact) mass is 891 g/mol. The highest BCUT2D eigenvalue weighted by Crippen LogP contribution is 2.14. The summed E-state index contributed by atoms with van der Waals surface area (Å²) in [5.74, 6) is -0.942. The van der Waals surface area contributed by atoms with Crippen molar-refractivity contribution in [1.82, 2.24) is 0 Å². The van der Waals surface area contributed by atoms with Gasteiger partial charge in [-0.3, -0.25) is 14.4 Å². The average Bonchev–Trinajstić information content (AvgIpc) is 3.29. The lowest BCUT2D eigenvalue weighted by Crippen LogP contribution is -2.30. The van der Waals surface area contributed by atoms with Gasteiger partial charge in [-0.1, -0.05) is 202 Å². The maximum absolute atomic E-state index is 12.8. The van der Waals surface area contributed by atoms with E-state index in [-0.39, 0.29) is 31.1 Å². The minimum atomic E-state index is -0.797. The number of esters is 3. The highest BCUT2D eigenvalue weighted by molar-refractivity contribution is 5.71. The summed E-state index contributed by atoms with van der Waals surface area (Å²) in [5.41, 5.74) is 0. The largest absolute Gasteiger partial charge is 0.462 e. The molecule has 366 valence electrons. The quantitative estimate of drug-likeness (QED) is 0.0199. The smallest absolute Gasteiger partial charge is 0.306 e. The molecule has 64 heavy (non-hydrogen) atoms. The van der Waals surface area contributed by atoms with Gasteiger partial charge in [0.25, 0.3) is 0 Å². The van der Waals surface area contributed by atoms with Crippen LogP contribution in [0.1, 0.15) is 245 Å². The molecule has 0 aromatic rings. The lowest BCUT2D eigenvalue weighted by Gasteiger charge is -2.18. The van der Waals surface area contributed by atoms with Crippen molar-refractivity contribution in [2.75, 3.05) is 13.2 Å². The highest BCUT2D eigenvalue weighted by atomic mass is 16.6. The molecule has 0 heterocycles. The maximum Gasteiger partial charge on any atom is 0.306 e. The van der Waals surface area contributed by atoms with Gasteiger partial charge in [-0.05, 0) is 109 Å². The first-order valence-electron chi connectivity index (χ1n) is 26.6. The fourth-order valence-corrected chi connectivity index (χ4v) is 7.12. The van der Waals surface area contributed by atoms with Crippen molar-refractivity contribution in [3.05, 3.63) is 85.1 Å². The number of hydrogen-bond donors (Lipinski definition) is 0. The molecule has 0 aliphatic heterocycles. The molecule has 0 rings (SSSR count). The first-order valence-corrected chi connectivity index (χ1v) is 26.6. The van der Waals surface area contributed by atoms with E-state index in [1.165, 1.54) is 103 Å². The molecule has 0 aromatic carbocycles. The Morgan fingerprint density at radius 1 is 0.344 bits per heavy atom. The topological polar surface area (TPSA) is 78.9 Å². The number of carbonyl (C=O) groups is 3. The highest BCUT2D eigenvalue weighted by Gasteiger charge is 2.19. The van der Waals surface area contributed by atoms with Gasteiger partial charge in [-0.2, -0.15) is 0 Å². The van der Waals surface area contributed by atoms with Crippen molar-refractivity contribution < 1.29 is 28.6 Å². The third-order valence-corrected chi connectivity index (χ3v) is 11.1. The molecule has 0 saturated heterocycles. The molecule has 0 aliphatic rings. The van der Waals surface area contributed by atoms with Crippen LogP contribution in [-0.4, -0.2) is 37.2 Å². The summed E-state index contributed by atoms with van der Waals surface area (Å²) < 4.78 is 16.8. The molecule has 6 nitrogen and oxygen atoms in total. The molecule has 1 atom stereocenters. The summed E-state index contributed by atoms with van der Waals surface area (Å²) in [6, 6.07) is 0.